The normalized spacial score (nSPS) is 19.1. The third kappa shape index (κ3) is 4.62. The van der Waals surface area contributed by atoms with Crippen LogP contribution in [0.4, 0.5) is 5.95 Å². The minimum Gasteiger partial charge on any atom is -0.507 e. The predicted octanol–water partition coefficient (Wildman–Crippen LogP) is 2.92. The van der Waals surface area contributed by atoms with Crippen LogP contribution in [0.1, 0.15) is 27.7 Å². The lowest BCUT2D eigenvalue weighted by atomic mass is 9.84. The summed E-state index contributed by atoms with van der Waals surface area (Å²) < 4.78 is 5.14. The molecule has 1 unspecified atom stereocenters. The molecule has 1 aromatic carbocycles. The monoisotopic (exact) mass is 435 g/mol. The number of nitrogens with one attached hydrogen (secondary N) is 1. The highest BCUT2D eigenvalue weighted by molar-refractivity contribution is 5.72. The number of aromatic hydroxyl groups is 1. The molecule has 0 bridgehead atoms. The van der Waals surface area contributed by atoms with Gasteiger partial charge in [0.1, 0.15) is 17.8 Å². The number of hydrogen-bond acceptors (Lipinski definition) is 9. The standard InChI is InChI=1S/C23H29N7O2/c1-14-11-30(12-20(27-14)23(2,3)4)22-24-10-18(28-29-22)16-7-6-15(8-19(16)31)17-9-21(32-5)26-13-25-17/h6-10,13-14,20,27,31H,11-12H2,1-5H3/t14-,20?/m1/s1. The van der Waals surface area contributed by atoms with Gasteiger partial charge in [-0.25, -0.2) is 15.0 Å². The van der Waals surface area contributed by atoms with Crippen LogP contribution in [0.5, 0.6) is 11.6 Å². The van der Waals surface area contributed by atoms with Crippen molar-refractivity contribution in [1.29, 1.82) is 0 Å². The second kappa shape index (κ2) is 8.66. The predicted molar refractivity (Wildman–Crippen MR) is 123 cm³/mol. The molecule has 0 spiro atoms. The first-order chi connectivity index (χ1) is 15.2. The highest BCUT2D eigenvalue weighted by Crippen LogP contribution is 2.32. The van der Waals surface area contributed by atoms with Gasteiger partial charge in [-0.15, -0.1) is 10.2 Å². The lowest BCUT2D eigenvalue weighted by Crippen LogP contribution is -2.60. The van der Waals surface area contributed by atoms with E-state index in [0.29, 0.717) is 40.9 Å². The summed E-state index contributed by atoms with van der Waals surface area (Å²) in [7, 11) is 1.55. The number of phenols is 1. The quantitative estimate of drug-likeness (QED) is 0.639. The molecule has 1 saturated heterocycles. The number of rotatable bonds is 4. The van der Waals surface area contributed by atoms with E-state index in [9.17, 15) is 5.11 Å². The molecular formula is C23H29N7O2. The Hall–Kier alpha value is -3.33. The number of piperazine rings is 1. The third-order valence-electron chi connectivity index (χ3n) is 5.68. The van der Waals surface area contributed by atoms with Crippen LogP contribution in [-0.2, 0) is 0 Å². The minimum absolute atomic E-state index is 0.0764. The molecule has 9 heteroatoms. The first-order valence-corrected chi connectivity index (χ1v) is 10.6. The summed E-state index contributed by atoms with van der Waals surface area (Å²) in [6, 6.07) is 7.65. The second-order valence-corrected chi connectivity index (χ2v) is 9.21. The average molecular weight is 436 g/mol. The molecule has 2 atom stereocenters. The molecule has 2 N–H and O–H groups in total. The fraction of sp³-hybridized carbons (Fsp3) is 0.435. The van der Waals surface area contributed by atoms with E-state index in [2.05, 4.69) is 63.1 Å². The van der Waals surface area contributed by atoms with Crippen LogP contribution in [0.2, 0.25) is 0 Å². The lowest BCUT2D eigenvalue weighted by Gasteiger charge is -2.43. The zero-order valence-electron chi connectivity index (χ0n) is 19.1. The highest BCUT2D eigenvalue weighted by atomic mass is 16.5. The Morgan fingerprint density at radius 3 is 2.53 bits per heavy atom. The molecule has 2 aromatic heterocycles. The van der Waals surface area contributed by atoms with Crippen LogP contribution in [0, 0.1) is 5.41 Å². The third-order valence-corrected chi connectivity index (χ3v) is 5.68. The molecule has 3 aromatic rings. The van der Waals surface area contributed by atoms with E-state index in [1.54, 1.807) is 31.5 Å². The van der Waals surface area contributed by atoms with Crippen molar-refractivity contribution in [2.45, 2.75) is 39.8 Å². The van der Waals surface area contributed by atoms with E-state index in [0.717, 1.165) is 18.7 Å². The van der Waals surface area contributed by atoms with Crippen molar-refractivity contribution in [1.82, 2.24) is 30.5 Å². The maximum Gasteiger partial charge on any atom is 0.245 e. The summed E-state index contributed by atoms with van der Waals surface area (Å²) in [5, 5.41) is 23.0. The number of nitrogens with zero attached hydrogens (tertiary/aromatic N) is 6. The molecule has 1 fully saturated rings. The van der Waals surface area contributed by atoms with Crippen molar-refractivity contribution < 1.29 is 9.84 Å². The van der Waals surface area contributed by atoms with Crippen LogP contribution in [0.15, 0.2) is 36.8 Å². The van der Waals surface area contributed by atoms with Gasteiger partial charge in [-0.1, -0.05) is 26.8 Å². The number of benzene rings is 1. The Balaban J connectivity index is 1.55. The minimum atomic E-state index is 0.0764. The van der Waals surface area contributed by atoms with Crippen LogP contribution >= 0.6 is 0 Å². The van der Waals surface area contributed by atoms with Gasteiger partial charge in [-0.2, -0.15) is 0 Å². The molecule has 3 heterocycles. The number of ether oxygens (including phenoxy) is 1. The van der Waals surface area contributed by atoms with Gasteiger partial charge in [0.05, 0.1) is 19.0 Å². The molecule has 0 saturated carbocycles. The van der Waals surface area contributed by atoms with E-state index in [1.807, 2.05) is 6.07 Å². The van der Waals surface area contributed by atoms with Gasteiger partial charge in [-0.3, -0.25) is 0 Å². The van der Waals surface area contributed by atoms with Gasteiger partial charge in [0, 0.05) is 42.4 Å². The molecule has 9 nitrogen and oxygen atoms in total. The number of aromatic nitrogens is 5. The summed E-state index contributed by atoms with van der Waals surface area (Å²) in [6.07, 6.45) is 3.08. The highest BCUT2D eigenvalue weighted by Gasteiger charge is 2.33. The topological polar surface area (TPSA) is 109 Å². The Bertz CT molecular complexity index is 1080. The van der Waals surface area contributed by atoms with Gasteiger partial charge in [0.2, 0.25) is 11.8 Å². The van der Waals surface area contributed by atoms with Crippen molar-refractivity contribution in [3.8, 4) is 34.1 Å². The maximum atomic E-state index is 10.6. The second-order valence-electron chi connectivity index (χ2n) is 9.21. The lowest BCUT2D eigenvalue weighted by molar-refractivity contribution is 0.227. The molecule has 0 radical (unpaired) electrons. The smallest absolute Gasteiger partial charge is 0.245 e. The average Bonchev–Trinajstić information content (AvgIpc) is 2.78. The zero-order valence-corrected chi connectivity index (χ0v) is 19.1. The molecule has 0 aliphatic carbocycles. The first-order valence-electron chi connectivity index (χ1n) is 10.6. The number of hydrogen-bond donors (Lipinski definition) is 2. The molecule has 1 aliphatic heterocycles. The van der Waals surface area contributed by atoms with Crippen molar-refractivity contribution in [3.05, 3.63) is 36.8 Å². The van der Waals surface area contributed by atoms with Crippen LogP contribution in [0.3, 0.4) is 0 Å². The fourth-order valence-corrected chi connectivity index (χ4v) is 3.82. The van der Waals surface area contributed by atoms with Gasteiger partial charge in [0.25, 0.3) is 0 Å². The van der Waals surface area contributed by atoms with Gasteiger partial charge in [-0.05, 0) is 24.5 Å². The van der Waals surface area contributed by atoms with E-state index in [1.165, 1.54) is 6.33 Å². The van der Waals surface area contributed by atoms with Crippen molar-refractivity contribution in [2.75, 3.05) is 25.1 Å². The van der Waals surface area contributed by atoms with Crippen molar-refractivity contribution in [3.63, 3.8) is 0 Å². The van der Waals surface area contributed by atoms with Gasteiger partial charge >= 0.3 is 0 Å². The molecular weight excluding hydrogens is 406 g/mol. The Morgan fingerprint density at radius 2 is 1.88 bits per heavy atom. The van der Waals surface area contributed by atoms with E-state index >= 15 is 0 Å². The Morgan fingerprint density at radius 1 is 1.06 bits per heavy atom. The zero-order chi connectivity index (χ0) is 22.9. The first kappa shape index (κ1) is 21.9. The van der Waals surface area contributed by atoms with Crippen LogP contribution in [-0.4, -0.2) is 62.5 Å². The SMILES string of the molecule is COc1cc(-c2ccc(-c3cnc(N4CC(C(C)(C)C)N[C@H](C)C4)nn3)c(O)c2)ncn1. The van der Waals surface area contributed by atoms with Gasteiger partial charge in [0.15, 0.2) is 0 Å². The maximum absolute atomic E-state index is 10.6. The summed E-state index contributed by atoms with van der Waals surface area (Å²) in [4.78, 5) is 15.0. The van der Waals surface area contributed by atoms with Crippen LogP contribution in [0.25, 0.3) is 22.5 Å². The van der Waals surface area contributed by atoms with Crippen molar-refractivity contribution >= 4 is 5.95 Å². The van der Waals surface area contributed by atoms with Crippen LogP contribution < -0.4 is 15.0 Å². The van der Waals surface area contributed by atoms with E-state index in [-0.39, 0.29) is 11.2 Å². The van der Waals surface area contributed by atoms with Crippen molar-refractivity contribution in [2.24, 2.45) is 5.41 Å². The fourth-order valence-electron chi connectivity index (χ4n) is 3.82. The van der Waals surface area contributed by atoms with Gasteiger partial charge < -0.3 is 20.1 Å². The number of anilines is 1. The molecule has 4 rings (SSSR count). The summed E-state index contributed by atoms with van der Waals surface area (Å²) >= 11 is 0. The largest absolute Gasteiger partial charge is 0.507 e. The van der Waals surface area contributed by atoms with E-state index < -0.39 is 0 Å². The molecule has 168 valence electrons. The van der Waals surface area contributed by atoms with E-state index in [4.69, 9.17) is 4.74 Å². The Labute approximate surface area is 187 Å². The number of phenolic OH excluding ortho intramolecular Hbond substituents is 1. The number of methoxy groups -OCH3 is 1. The molecule has 1 aliphatic rings. The Kier molecular flexibility index (Phi) is 5.92. The molecule has 0 amide bonds. The summed E-state index contributed by atoms with van der Waals surface area (Å²) in [5.41, 5.74) is 2.59. The summed E-state index contributed by atoms with van der Waals surface area (Å²) in [5.74, 6) is 1.13. The molecule has 32 heavy (non-hydrogen) atoms. The summed E-state index contributed by atoms with van der Waals surface area (Å²) in [6.45, 7) is 10.5.